The summed E-state index contributed by atoms with van der Waals surface area (Å²) < 4.78 is 5.27. The highest BCUT2D eigenvalue weighted by Crippen LogP contribution is 2.37. The van der Waals surface area contributed by atoms with Crippen molar-refractivity contribution < 1.29 is 9.21 Å². The fraction of sp³-hybridized carbons (Fsp3) is 0.706. The summed E-state index contributed by atoms with van der Waals surface area (Å²) in [6.45, 7) is 6.85. The van der Waals surface area contributed by atoms with E-state index in [4.69, 9.17) is 4.42 Å². The molecule has 1 aliphatic carbocycles. The van der Waals surface area contributed by atoms with Crippen LogP contribution in [-0.4, -0.2) is 11.9 Å². The zero-order valence-electron chi connectivity index (χ0n) is 12.9. The van der Waals surface area contributed by atoms with Crippen LogP contribution in [0.1, 0.15) is 58.6 Å². The van der Waals surface area contributed by atoms with E-state index in [-0.39, 0.29) is 11.3 Å². The van der Waals surface area contributed by atoms with Gasteiger partial charge in [-0.2, -0.15) is 0 Å². The lowest BCUT2D eigenvalue weighted by Crippen LogP contribution is -2.46. The normalized spacial score (nSPS) is 23.6. The summed E-state index contributed by atoms with van der Waals surface area (Å²) in [5.74, 6) is 1.63. The number of carbonyl (C=O) groups is 1. The van der Waals surface area contributed by atoms with E-state index >= 15 is 0 Å². The molecular weight excluding hydrogens is 250 g/mol. The quantitative estimate of drug-likeness (QED) is 0.906. The van der Waals surface area contributed by atoms with Crippen molar-refractivity contribution in [1.29, 1.82) is 0 Å². The van der Waals surface area contributed by atoms with Crippen LogP contribution < -0.4 is 5.32 Å². The fourth-order valence-electron chi connectivity index (χ4n) is 3.31. The number of hydrogen-bond acceptors (Lipinski definition) is 2. The molecule has 0 radical (unpaired) electrons. The van der Waals surface area contributed by atoms with Crippen LogP contribution in [0.5, 0.6) is 0 Å². The van der Waals surface area contributed by atoms with E-state index in [0.717, 1.165) is 12.2 Å². The lowest BCUT2D eigenvalue weighted by atomic mass is 9.69. The summed E-state index contributed by atoms with van der Waals surface area (Å²) in [6.07, 6.45) is 7.73. The molecular formula is C17H27NO2. The van der Waals surface area contributed by atoms with Gasteiger partial charge in [-0.1, -0.05) is 33.6 Å². The lowest BCUT2D eigenvalue weighted by molar-refractivity contribution is -0.122. The minimum absolute atomic E-state index is 0.155. The third kappa shape index (κ3) is 4.12. The molecule has 1 fully saturated rings. The van der Waals surface area contributed by atoms with Gasteiger partial charge in [0.2, 0.25) is 5.91 Å². The van der Waals surface area contributed by atoms with Crippen LogP contribution in [0.3, 0.4) is 0 Å². The van der Waals surface area contributed by atoms with E-state index in [0.29, 0.717) is 24.8 Å². The second-order valence-electron chi connectivity index (χ2n) is 7.01. The number of amides is 1. The van der Waals surface area contributed by atoms with E-state index in [1.165, 1.54) is 19.3 Å². The topological polar surface area (TPSA) is 42.2 Å². The lowest BCUT2D eigenvalue weighted by Gasteiger charge is -2.40. The highest BCUT2D eigenvalue weighted by molar-refractivity contribution is 5.76. The first kappa shape index (κ1) is 15.1. The molecule has 1 heterocycles. The van der Waals surface area contributed by atoms with Crippen molar-refractivity contribution in [1.82, 2.24) is 5.32 Å². The van der Waals surface area contributed by atoms with Crippen molar-refractivity contribution in [3.63, 3.8) is 0 Å². The zero-order valence-corrected chi connectivity index (χ0v) is 12.9. The number of rotatable bonds is 4. The molecule has 1 aromatic heterocycles. The molecule has 1 aliphatic rings. The molecule has 0 aliphatic heterocycles. The Hall–Kier alpha value is -1.25. The number of hydrogen-bond donors (Lipinski definition) is 1. The van der Waals surface area contributed by atoms with Gasteiger partial charge in [-0.3, -0.25) is 4.79 Å². The van der Waals surface area contributed by atoms with Crippen molar-refractivity contribution in [2.75, 3.05) is 0 Å². The van der Waals surface area contributed by atoms with Gasteiger partial charge < -0.3 is 9.73 Å². The Morgan fingerprint density at radius 3 is 2.75 bits per heavy atom. The van der Waals surface area contributed by atoms with E-state index < -0.39 is 0 Å². The number of aryl methyl sites for hydroxylation is 1. The average Bonchev–Trinajstić information content (AvgIpc) is 2.89. The Morgan fingerprint density at radius 1 is 1.35 bits per heavy atom. The van der Waals surface area contributed by atoms with Gasteiger partial charge >= 0.3 is 0 Å². The van der Waals surface area contributed by atoms with Gasteiger partial charge in [0.25, 0.3) is 0 Å². The van der Waals surface area contributed by atoms with E-state index in [9.17, 15) is 4.79 Å². The van der Waals surface area contributed by atoms with Gasteiger partial charge in [0.15, 0.2) is 0 Å². The highest BCUT2D eigenvalue weighted by Gasteiger charge is 2.34. The maximum atomic E-state index is 12.1. The van der Waals surface area contributed by atoms with E-state index in [1.807, 2.05) is 12.1 Å². The number of carbonyl (C=O) groups excluding carboxylic acids is 1. The van der Waals surface area contributed by atoms with Crippen molar-refractivity contribution in [2.45, 2.75) is 65.3 Å². The van der Waals surface area contributed by atoms with E-state index in [2.05, 4.69) is 26.1 Å². The van der Waals surface area contributed by atoms with E-state index in [1.54, 1.807) is 6.26 Å². The molecule has 1 aromatic rings. The second kappa shape index (κ2) is 6.47. The van der Waals surface area contributed by atoms with Gasteiger partial charge in [-0.05, 0) is 36.3 Å². The minimum Gasteiger partial charge on any atom is -0.469 e. The monoisotopic (exact) mass is 277 g/mol. The molecule has 0 aromatic carbocycles. The van der Waals surface area contributed by atoms with Crippen molar-refractivity contribution >= 4 is 5.91 Å². The molecule has 0 spiro atoms. The van der Waals surface area contributed by atoms with Crippen LogP contribution in [0.15, 0.2) is 22.8 Å². The molecule has 1 saturated carbocycles. The van der Waals surface area contributed by atoms with Crippen LogP contribution in [0.2, 0.25) is 0 Å². The van der Waals surface area contributed by atoms with Crippen LogP contribution in [0, 0.1) is 11.3 Å². The standard InChI is InChI=1S/C17H27NO2/c1-17(2,3)14-8-4-5-9-15(14)18-16(19)11-10-13-7-6-12-20-13/h6-7,12,14-15H,4-5,8-11H2,1-3H3,(H,18,19)/t14-,15+/m0/s1. The maximum Gasteiger partial charge on any atom is 0.220 e. The predicted molar refractivity (Wildman–Crippen MR) is 80.4 cm³/mol. The molecule has 0 saturated heterocycles. The Bertz CT molecular complexity index is 417. The summed E-state index contributed by atoms with van der Waals surface area (Å²) >= 11 is 0. The summed E-state index contributed by atoms with van der Waals surface area (Å²) in [4.78, 5) is 12.1. The average molecular weight is 277 g/mol. The SMILES string of the molecule is CC(C)(C)[C@H]1CCCC[C@H]1NC(=O)CCc1ccco1. The third-order valence-electron chi connectivity index (χ3n) is 4.40. The maximum absolute atomic E-state index is 12.1. The molecule has 2 atom stereocenters. The first-order chi connectivity index (χ1) is 9.47. The van der Waals surface area contributed by atoms with Gasteiger partial charge in [0.05, 0.1) is 6.26 Å². The van der Waals surface area contributed by atoms with Crippen LogP contribution in [0.4, 0.5) is 0 Å². The molecule has 0 unspecified atom stereocenters. The Kier molecular flexibility index (Phi) is 4.90. The van der Waals surface area contributed by atoms with Crippen LogP contribution >= 0.6 is 0 Å². The second-order valence-corrected chi connectivity index (χ2v) is 7.01. The largest absolute Gasteiger partial charge is 0.469 e. The summed E-state index contributed by atoms with van der Waals surface area (Å²) in [5, 5.41) is 3.26. The summed E-state index contributed by atoms with van der Waals surface area (Å²) in [7, 11) is 0. The Morgan fingerprint density at radius 2 is 2.10 bits per heavy atom. The van der Waals surface area contributed by atoms with Gasteiger partial charge in [-0.25, -0.2) is 0 Å². The number of nitrogens with one attached hydrogen (secondary N) is 1. The van der Waals surface area contributed by atoms with Crippen LogP contribution in [0.25, 0.3) is 0 Å². The molecule has 3 nitrogen and oxygen atoms in total. The van der Waals surface area contributed by atoms with Gasteiger partial charge in [0.1, 0.15) is 5.76 Å². The first-order valence-electron chi connectivity index (χ1n) is 7.78. The molecule has 20 heavy (non-hydrogen) atoms. The van der Waals surface area contributed by atoms with Gasteiger partial charge in [0, 0.05) is 18.9 Å². The summed E-state index contributed by atoms with van der Waals surface area (Å²) in [5.41, 5.74) is 0.263. The summed E-state index contributed by atoms with van der Waals surface area (Å²) in [6, 6.07) is 4.13. The minimum atomic E-state index is 0.155. The van der Waals surface area contributed by atoms with Crippen LogP contribution in [-0.2, 0) is 11.2 Å². The Balaban J connectivity index is 1.85. The molecule has 3 heteroatoms. The van der Waals surface area contributed by atoms with Gasteiger partial charge in [-0.15, -0.1) is 0 Å². The van der Waals surface area contributed by atoms with Crippen molar-refractivity contribution in [3.8, 4) is 0 Å². The molecule has 2 rings (SSSR count). The molecule has 1 N–H and O–H groups in total. The van der Waals surface area contributed by atoms with Crippen molar-refractivity contribution in [2.24, 2.45) is 11.3 Å². The predicted octanol–water partition coefficient (Wildman–Crippen LogP) is 3.93. The molecule has 112 valence electrons. The fourth-order valence-corrected chi connectivity index (χ4v) is 3.31. The first-order valence-corrected chi connectivity index (χ1v) is 7.78. The Labute approximate surface area is 122 Å². The zero-order chi connectivity index (χ0) is 14.6. The third-order valence-corrected chi connectivity index (χ3v) is 4.40. The molecule has 1 amide bonds. The number of furan rings is 1. The van der Waals surface area contributed by atoms with Crippen molar-refractivity contribution in [3.05, 3.63) is 24.2 Å². The highest BCUT2D eigenvalue weighted by atomic mass is 16.3. The molecule has 0 bridgehead atoms. The smallest absolute Gasteiger partial charge is 0.220 e.